The van der Waals surface area contributed by atoms with Gasteiger partial charge in [-0.05, 0) is 25.2 Å². The highest BCUT2D eigenvalue weighted by atomic mass is 16.5. The highest BCUT2D eigenvalue weighted by Crippen LogP contribution is 2.33. The fourth-order valence-corrected chi connectivity index (χ4v) is 3.18. The number of methoxy groups -OCH3 is 1. The Hall–Kier alpha value is -0.650. The summed E-state index contributed by atoms with van der Waals surface area (Å²) in [7, 11) is 1.65. The Morgan fingerprint density at radius 3 is 2.80 bits per heavy atom. The van der Waals surface area contributed by atoms with Crippen molar-refractivity contribution in [3.8, 4) is 0 Å². The lowest BCUT2D eigenvalue weighted by Gasteiger charge is -2.24. The van der Waals surface area contributed by atoms with Gasteiger partial charge in [0.2, 0.25) is 0 Å². The molecule has 2 fully saturated rings. The number of carbonyl (C=O) groups is 1. The topological polar surface area (TPSA) is 56.8 Å². The van der Waals surface area contributed by atoms with Gasteiger partial charge in [-0.3, -0.25) is 4.79 Å². The van der Waals surface area contributed by atoms with Crippen LogP contribution in [0.4, 0.5) is 0 Å². The highest BCUT2D eigenvalue weighted by Gasteiger charge is 2.38. The summed E-state index contributed by atoms with van der Waals surface area (Å²) in [5, 5.41) is 3.44. The number of hydrogen-bond acceptors (Lipinski definition) is 5. The predicted octanol–water partition coefficient (Wildman–Crippen LogP) is 1.50. The quantitative estimate of drug-likeness (QED) is 0.541. The zero-order chi connectivity index (χ0) is 14.2. The minimum atomic E-state index is -0.0868. The van der Waals surface area contributed by atoms with E-state index in [-0.39, 0.29) is 12.0 Å². The molecule has 0 aromatic carbocycles. The third-order valence-electron chi connectivity index (χ3n) is 4.26. The van der Waals surface area contributed by atoms with Crippen LogP contribution in [0.2, 0.25) is 0 Å². The van der Waals surface area contributed by atoms with Crippen LogP contribution < -0.4 is 5.32 Å². The summed E-state index contributed by atoms with van der Waals surface area (Å²) >= 11 is 0. The van der Waals surface area contributed by atoms with Gasteiger partial charge in [0.25, 0.3) is 0 Å². The lowest BCUT2D eigenvalue weighted by molar-refractivity contribution is -0.146. The molecule has 116 valence electrons. The van der Waals surface area contributed by atoms with Gasteiger partial charge in [-0.2, -0.15) is 0 Å². The Kier molecular flexibility index (Phi) is 6.76. The number of rotatable bonds is 8. The third kappa shape index (κ3) is 4.72. The van der Waals surface area contributed by atoms with Crippen LogP contribution in [-0.2, 0) is 19.0 Å². The summed E-state index contributed by atoms with van der Waals surface area (Å²) in [5.41, 5.74) is 0. The molecular weight excluding hydrogens is 258 g/mol. The van der Waals surface area contributed by atoms with E-state index in [4.69, 9.17) is 14.2 Å². The molecule has 3 atom stereocenters. The van der Waals surface area contributed by atoms with Crippen molar-refractivity contribution in [2.24, 2.45) is 5.92 Å². The molecule has 2 aliphatic rings. The molecule has 0 amide bonds. The van der Waals surface area contributed by atoms with Gasteiger partial charge in [0.15, 0.2) is 0 Å². The second-order valence-corrected chi connectivity index (χ2v) is 5.73. The van der Waals surface area contributed by atoms with Gasteiger partial charge in [-0.25, -0.2) is 0 Å². The minimum Gasteiger partial charge on any atom is -0.464 e. The first-order valence-corrected chi connectivity index (χ1v) is 7.80. The van der Waals surface area contributed by atoms with Gasteiger partial charge in [0.1, 0.15) is 6.04 Å². The molecule has 5 heteroatoms. The van der Waals surface area contributed by atoms with E-state index in [1.807, 2.05) is 0 Å². The van der Waals surface area contributed by atoms with E-state index in [0.717, 1.165) is 12.8 Å². The number of fused-ring (bicyclic) bond motifs is 1. The molecule has 1 saturated heterocycles. The zero-order valence-corrected chi connectivity index (χ0v) is 12.4. The van der Waals surface area contributed by atoms with Gasteiger partial charge in [-0.1, -0.05) is 12.8 Å². The number of ether oxygens (including phenoxy) is 3. The molecule has 0 aromatic heterocycles. The van der Waals surface area contributed by atoms with Crippen molar-refractivity contribution in [2.45, 2.75) is 50.6 Å². The van der Waals surface area contributed by atoms with E-state index in [0.29, 0.717) is 38.4 Å². The van der Waals surface area contributed by atoms with Crippen LogP contribution in [0.15, 0.2) is 0 Å². The monoisotopic (exact) mass is 285 g/mol. The van der Waals surface area contributed by atoms with Gasteiger partial charge in [0, 0.05) is 26.2 Å². The number of esters is 1. The molecule has 0 bridgehead atoms. The number of hydrogen-bond donors (Lipinski definition) is 1. The van der Waals surface area contributed by atoms with Crippen molar-refractivity contribution >= 4 is 5.97 Å². The molecule has 1 N–H and O–H groups in total. The molecule has 5 nitrogen and oxygen atoms in total. The summed E-state index contributed by atoms with van der Waals surface area (Å²) in [6.07, 6.45) is 6.76. The van der Waals surface area contributed by atoms with Crippen LogP contribution in [0.25, 0.3) is 0 Å². The fraction of sp³-hybridized carbons (Fsp3) is 0.933. The molecule has 1 aliphatic heterocycles. The third-order valence-corrected chi connectivity index (χ3v) is 4.26. The molecule has 3 unspecified atom stereocenters. The first kappa shape index (κ1) is 15.7. The lowest BCUT2D eigenvalue weighted by atomic mass is 9.85. The van der Waals surface area contributed by atoms with Crippen LogP contribution in [0.1, 0.15) is 38.5 Å². The second kappa shape index (κ2) is 8.60. The molecular formula is C15H27NO4. The van der Waals surface area contributed by atoms with E-state index in [2.05, 4.69) is 5.32 Å². The Morgan fingerprint density at radius 2 is 2.00 bits per heavy atom. The lowest BCUT2D eigenvalue weighted by Crippen LogP contribution is -2.38. The second-order valence-electron chi connectivity index (χ2n) is 5.73. The standard InChI is InChI=1S/C15H27NO4/c1-18-9-10-19-7-4-8-20-15(17)14-11-12-5-2-3-6-13(12)16-14/h12-14,16H,2-11H2,1H3. The van der Waals surface area contributed by atoms with Crippen LogP contribution in [0.5, 0.6) is 0 Å². The maximum atomic E-state index is 12.0. The first-order valence-electron chi connectivity index (χ1n) is 7.80. The van der Waals surface area contributed by atoms with Crippen LogP contribution in [0, 0.1) is 5.92 Å². The van der Waals surface area contributed by atoms with Gasteiger partial charge in [-0.15, -0.1) is 0 Å². The Balaban J connectivity index is 1.54. The number of nitrogens with one attached hydrogen (secondary N) is 1. The summed E-state index contributed by atoms with van der Waals surface area (Å²) in [6.45, 7) is 2.26. The first-order chi connectivity index (χ1) is 9.81. The minimum absolute atomic E-state index is 0.0856. The van der Waals surface area contributed by atoms with Crippen LogP contribution >= 0.6 is 0 Å². The van der Waals surface area contributed by atoms with Crippen molar-refractivity contribution in [3.05, 3.63) is 0 Å². The molecule has 0 spiro atoms. The summed E-state index contributed by atoms with van der Waals surface area (Å²) in [6, 6.07) is 0.455. The SMILES string of the molecule is COCCOCCCOC(=O)C1CC2CCCCC2N1. The normalized spacial score (nSPS) is 29.1. The Bertz CT molecular complexity index is 284. The molecule has 1 heterocycles. The van der Waals surface area contributed by atoms with E-state index >= 15 is 0 Å². The van der Waals surface area contributed by atoms with Gasteiger partial charge < -0.3 is 19.5 Å². The molecule has 2 rings (SSSR count). The maximum absolute atomic E-state index is 12.0. The average Bonchev–Trinajstić information content (AvgIpc) is 2.90. The Labute approximate surface area is 121 Å². The van der Waals surface area contributed by atoms with Crippen molar-refractivity contribution < 1.29 is 19.0 Å². The molecule has 1 aliphatic carbocycles. The predicted molar refractivity (Wildman–Crippen MR) is 75.6 cm³/mol. The van der Waals surface area contributed by atoms with E-state index < -0.39 is 0 Å². The van der Waals surface area contributed by atoms with Gasteiger partial charge >= 0.3 is 5.97 Å². The highest BCUT2D eigenvalue weighted by molar-refractivity contribution is 5.76. The summed E-state index contributed by atoms with van der Waals surface area (Å²) in [4.78, 5) is 12.0. The number of carbonyl (C=O) groups excluding carboxylic acids is 1. The van der Waals surface area contributed by atoms with Crippen molar-refractivity contribution in [3.63, 3.8) is 0 Å². The van der Waals surface area contributed by atoms with Gasteiger partial charge in [0.05, 0.1) is 19.8 Å². The Morgan fingerprint density at radius 1 is 1.15 bits per heavy atom. The van der Waals surface area contributed by atoms with Crippen LogP contribution in [-0.4, -0.2) is 51.6 Å². The van der Waals surface area contributed by atoms with Crippen LogP contribution in [0.3, 0.4) is 0 Å². The zero-order valence-electron chi connectivity index (χ0n) is 12.4. The van der Waals surface area contributed by atoms with E-state index in [9.17, 15) is 4.79 Å². The van der Waals surface area contributed by atoms with Crippen molar-refractivity contribution in [2.75, 3.05) is 33.5 Å². The molecule has 1 saturated carbocycles. The molecule has 20 heavy (non-hydrogen) atoms. The fourth-order valence-electron chi connectivity index (χ4n) is 3.18. The smallest absolute Gasteiger partial charge is 0.323 e. The maximum Gasteiger partial charge on any atom is 0.323 e. The average molecular weight is 285 g/mol. The van der Waals surface area contributed by atoms with Crippen molar-refractivity contribution in [1.29, 1.82) is 0 Å². The molecule has 0 aromatic rings. The van der Waals surface area contributed by atoms with E-state index in [1.54, 1.807) is 7.11 Å². The van der Waals surface area contributed by atoms with E-state index in [1.165, 1.54) is 25.7 Å². The molecule has 0 radical (unpaired) electrons. The summed E-state index contributed by atoms with van der Waals surface area (Å²) < 4.78 is 15.5. The van der Waals surface area contributed by atoms with Crippen molar-refractivity contribution in [1.82, 2.24) is 5.32 Å². The summed E-state index contributed by atoms with van der Waals surface area (Å²) in [5.74, 6) is 0.593. The largest absolute Gasteiger partial charge is 0.464 e.